The van der Waals surface area contributed by atoms with Gasteiger partial charge in [-0.05, 0) is 87.8 Å². The molecule has 4 aromatic heterocycles. The quantitative estimate of drug-likeness (QED) is 0.161. The molecule has 4 nitrogen and oxygen atoms in total. The van der Waals surface area contributed by atoms with E-state index in [0.29, 0.717) is 39.2 Å². The van der Waals surface area contributed by atoms with Crippen molar-refractivity contribution in [2.45, 2.75) is 88.3 Å². The van der Waals surface area contributed by atoms with Crippen LogP contribution < -0.4 is 0 Å². The minimum absolute atomic E-state index is 0. The summed E-state index contributed by atoms with van der Waals surface area (Å²) in [5, 5.41) is 5.64. The smallest absolute Gasteiger partial charge is 0.146 e. The molecule has 1 radical (unpaired) electrons. The Balaban J connectivity index is 0.000000220. The van der Waals surface area contributed by atoms with Crippen molar-refractivity contribution in [2.75, 3.05) is 0 Å². The third-order valence-electron chi connectivity index (χ3n) is 9.50. The van der Waals surface area contributed by atoms with Crippen molar-refractivity contribution in [2.24, 2.45) is 16.2 Å². The van der Waals surface area contributed by atoms with Crippen molar-refractivity contribution in [3.63, 3.8) is 0 Å². The van der Waals surface area contributed by atoms with Gasteiger partial charge >= 0.3 is 0 Å². The molecule has 0 aliphatic heterocycles. The van der Waals surface area contributed by atoms with Crippen molar-refractivity contribution in [3.05, 3.63) is 144 Å². The maximum absolute atomic E-state index is 8.91. The predicted molar refractivity (Wildman–Crippen MR) is 243 cm³/mol. The number of fused-ring (bicyclic) bond motifs is 9. The molecule has 0 amide bonds. The number of hydrogen-bond acceptors (Lipinski definition) is 4. The maximum Gasteiger partial charge on any atom is 0.146 e. The average Bonchev–Trinajstić information content (AvgIpc) is 3.84. The summed E-state index contributed by atoms with van der Waals surface area (Å²) in [6.07, 6.45) is -2.64. The van der Waals surface area contributed by atoms with Crippen molar-refractivity contribution < 1.29 is 41.3 Å². The zero-order valence-corrected chi connectivity index (χ0v) is 37.3. The average molecular weight is 964 g/mol. The SMILES string of the molecule is [2H]C([2H])([2H])c1cnc(-c2[c-]ccc3c2oc2c3ccc3ccc4c5ccccc5oc4c32)cc1C([2H])([2H])C(C)(C)C.[2H]C([2H])(c1cnc(-c2[c-]cccc2)cc1C([2H])([2H])C(C)(C)C)C(C)(C)C.[Ir]. The molecule has 5 heteroatoms. The summed E-state index contributed by atoms with van der Waals surface area (Å²) in [6, 6.07) is 36.9. The van der Waals surface area contributed by atoms with E-state index in [9.17, 15) is 0 Å². The van der Waals surface area contributed by atoms with E-state index in [1.807, 2.05) is 96.1 Å². The Hall–Kier alpha value is -5.09. The topological polar surface area (TPSA) is 52.1 Å². The zero-order chi connectivity index (χ0) is 48.9. The van der Waals surface area contributed by atoms with E-state index in [1.165, 1.54) is 12.4 Å². The first-order valence-corrected chi connectivity index (χ1v) is 19.6. The van der Waals surface area contributed by atoms with Crippen molar-refractivity contribution in [1.29, 1.82) is 0 Å². The summed E-state index contributed by atoms with van der Waals surface area (Å²) in [7, 11) is 0. The van der Waals surface area contributed by atoms with Gasteiger partial charge in [0.15, 0.2) is 0 Å². The largest absolute Gasteiger partial charge is 0.500 e. The van der Waals surface area contributed by atoms with Gasteiger partial charge in [-0.3, -0.25) is 0 Å². The number of aryl methyl sites for hydroxylation is 1. The van der Waals surface area contributed by atoms with E-state index in [4.69, 9.17) is 21.2 Å². The summed E-state index contributed by atoms with van der Waals surface area (Å²) in [5.41, 5.74) is 3.45. The van der Waals surface area contributed by atoms with Gasteiger partial charge < -0.3 is 18.8 Å². The number of pyridine rings is 2. The Morgan fingerprint density at radius 2 is 1.19 bits per heavy atom. The number of furan rings is 2. The number of benzene rings is 5. The number of para-hydroxylation sites is 1. The molecular weight excluding hydrogens is 901 g/mol. The Morgan fingerprint density at radius 1 is 0.576 bits per heavy atom. The molecule has 0 aliphatic rings. The Morgan fingerprint density at radius 3 is 1.88 bits per heavy atom. The Labute approximate surface area is 375 Å². The van der Waals surface area contributed by atoms with Gasteiger partial charge in [-0.25, -0.2) is 0 Å². The van der Waals surface area contributed by atoms with Gasteiger partial charge in [-0.1, -0.05) is 127 Å². The van der Waals surface area contributed by atoms with E-state index in [2.05, 4.69) is 40.3 Å². The standard InChI is InChI=1S/C33H26NO2.C21H28N.Ir/c1-19-18-34-27(16-21(19)17-33(2,3)4)26-10-7-9-23-25-15-13-20-12-14-24-22-8-5-6-11-28(22)35-31(24)29(20)32(25)36-30(23)26;1-20(2,3)13-17-12-19(16-10-8-7-9-11-16)22-15-18(17)14-21(4,5)6;/h5-9,11-16,18H,17H2,1-4H3;7-10,12,15H,13-14H2,1-6H3;/q2*-1;/i1D3,17D2;13D2,14D2;. The van der Waals surface area contributed by atoms with Crippen LogP contribution in [0.4, 0.5) is 0 Å². The fraction of sp³-hybridized carbons (Fsp3) is 0.296. The monoisotopic (exact) mass is 964 g/mol. The first-order valence-electron chi connectivity index (χ1n) is 24.1. The zero-order valence-electron chi connectivity index (χ0n) is 43.9. The van der Waals surface area contributed by atoms with Crippen LogP contribution in [0.2, 0.25) is 0 Å². The minimum Gasteiger partial charge on any atom is -0.500 e. The molecule has 5 aromatic carbocycles. The molecule has 0 unspecified atom stereocenters. The maximum atomic E-state index is 8.91. The number of nitrogens with zero attached hydrogens (tertiary/aromatic N) is 2. The van der Waals surface area contributed by atoms with Crippen LogP contribution in [-0.4, -0.2) is 9.97 Å². The van der Waals surface area contributed by atoms with Gasteiger partial charge in [0, 0.05) is 61.0 Å². The molecule has 0 bridgehead atoms. The molecule has 0 atom stereocenters. The second-order valence-corrected chi connectivity index (χ2v) is 17.9. The molecule has 0 aliphatic carbocycles. The second-order valence-electron chi connectivity index (χ2n) is 17.9. The molecule has 0 fully saturated rings. The van der Waals surface area contributed by atoms with Crippen LogP contribution in [0, 0.1) is 35.2 Å². The summed E-state index contributed by atoms with van der Waals surface area (Å²) in [5.74, 6) is 0. The van der Waals surface area contributed by atoms with E-state index in [1.54, 1.807) is 45.0 Å². The third kappa shape index (κ3) is 9.08. The Kier molecular flexibility index (Phi) is 8.71. The number of rotatable bonds is 5. The van der Waals surface area contributed by atoms with Crippen LogP contribution in [0.1, 0.15) is 96.9 Å². The van der Waals surface area contributed by atoms with E-state index >= 15 is 0 Å². The normalized spacial score (nSPS) is 15.5. The molecule has 9 aromatic rings. The van der Waals surface area contributed by atoms with Crippen molar-refractivity contribution in [3.8, 4) is 22.5 Å². The predicted octanol–water partition coefficient (Wildman–Crippen LogP) is 15.1. The van der Waals surface area contributed by atoms with E-state index < -0.39 is 42.2 Å². The van der Waals surface area contributed by atoms with Crippen molar-refractivity contribution >= 4 is 54.6 Å². The molecule has 4 heterocycles. The minimum atomic E-state index is -2.52. The molecule has 0 saturated carbocycles. The summed E-state index contributed by atoms with van der Waals surface area (Å²) in [6.45, 7) is 13.7. The fourth-order valence-electron chi connectivity index (χ4n) is 7.24. The van der Waals surface area contributed by atoms with Crippen molar-refractivity contribution in [1.82, 2.24) is 9.97 Å². The van der Waals surface area contributed by atoms with E-state index in [0.717, 1.165) is 49.0 Å². The van der Waals surface area contributed by atoms with Crippen LogP contribution in [0.3, 0.4) is 0 Å². The van der Waals surface area contributed by atoms with Gasteiger partial charge in [0.2, 0.25) is 0 Å². The summed E-state index contributed by atoms with van der Waals surface area (Å²) >= 11 is 0. The van der Waals surface area contributed by atoms with Gasteiger partial charge in [0.05, 0.1) is 11.0 Å². The summed E-state index contributed by atoms with van der Waals surface area (Å²) < 4.78 is 89.8. The number of aromatic nitrogens is 2. The number of hydrogen-bond donors (Lipinski definition) is 0. The van der Waals surface area contributed by atoms with Crippen LogP contribution in [0.5, 0.6) is 0 Å². The third-order valence-corrected chi connectivity index (χ3v) is 9.50. The molecule has 0 spiro atoms. The van der Waals surface area contributed by atoms with E-state index in [-0.39, 0.29) is 31.2 Å². The van der Waals surface area contributed by atoms with Gasteiger partial charge in [-0.15, -0.1) is 54.1 Å². The van der Waals surface area contributed by atoms with Gasteiger partial charge in [0.1, 0.15) is 16.7 Å². The van der Waals surface area contributed by atoms with Gasteiger partial charge in [-0.2, -0.15) is 0 Å². The Bertz CT molecular complexity index is 3340. The molecular formula is C54H54IrN2O2-2. The van der Waals surface area contributed by atoms with Crippen LogP contribution in [0.15, 0.2) is 118 Å². The van der Waals surface area contributed by atoms with Crippen LogP contribution in [0.25, 0.3) is 77.2 Å². The molecule has 0 saturated heterocycles. The fourth-order valence-corrected chi connectivity index (χ4v) is 7.24. The molecule has 9 rings (SSSR count). The van der Waals surface area contributed by atoms with Gasteiger partial charge in [0.25, 0.3) is 0 Å². The molecule has 303 valence electrons. The molecule has 59 heavy (non-hydrogen) atoms. The first-order chi connectivity index (χ1) is 31.1. The summed E-state index contributed by atoms with van der Waals surface area (Å²) in [4.78, 5) is 8.94. The first kappa shape index (κ1) is 31.8. The van der Waals surface area contributed by atoms with Crippen LogP contribution >= 0.6 is 0 Å². The van der Waals surface area contributed by atoms with Crippen LogP contribution in [-0.2, 0) is 39.2 Å². The second kappa shape index (κ2) is 16.2. The molecule has 0 N–H and O–H groups in total.